The summed E-state index contributed by atoms with van der Waals surface area (Å²) in [4.78, 5) is 33.2. The van der Waals surface area contributed by atoms with Crippen molar-refractivity contribution in [2.24, 2.45) is 23.2 Å². The highest BCUT2D eigenvalue weighted by Gasteiger charge is 2.59. The molecule has 5 heteroatoms. The van der Waals surface area contributed by atoms with Gasteiger partial charge in [0.1, 0.15) is 5.75 Å². The molecule has 2 fully saturated rings. The minimum atomic E-state index is -0.452. The van der Waals surface area contributed by atoms with Gasteiger partial charge in [-0.15, -0.1) is 0 Å². The Hall–Kier alpha value is -3.08. The van der Waals surface area contributed by atoms with Crippen LogP contribution in [0.15, 0.2) is 42.5 Å². The molecule has 6 rings (SSSR count). The molecule has 1 aromatic heterocycles. The minimum absolute atomic E-state index is 0.0456. The van der Waals surface area contributed by atoms with Crippen molar-refractivity contribution < 1.29 is 14.3 Å². The number of rotatable bonds is 2. The number of nitrogens with one attached hydrogen (secondary N) is 1. The number of carbonyl (C=O) groups is 2. The van der Waals surface area contributed by atoms with Gasteiger partial charge in [-0.25, -0.2) is 4.90 Å². The van der Waals surface area contributed by atoms with E-state index in [-0.39, 0.29) is 29.1 Å². The van der Waals surface area contributed by atoms with Gasteiger partial charge in [-0.2, -0.15) is 0 Å². The van der Waals surface area contributed by atoms with E-state index in [2.05, 4.69) is 50.9 Å². The highest BCUT2D eigenvalue weighted by Crippen LogP contribution is 2.60. The summed E-state index contributed by atoms with van der Waals surface area (Å²) in [5, 5.41) is 1.23. The van der Waals surface area contributed by atoms with Crippen LogP contribution < -0.4 is 9.64 Å². The van der Waals surface area contributed by atoms with Crippen LogP contribution in [0.3, 0.4) is 0 Å². The molecule has 2 heterocycles. The first-order chi connectivity index (χ1) is 16.7. The Morgan fingerprint density at radius 3 is 2.43 bits per heavy atom. The molecule has 1 aliphatic heterocycles. The van der Waals surface area contributed by atoms with Gasteiger partial charge in [-0.3, -0.25) is 9.59 Å². The molecular weight excluding hydrogens is 436 g/mol. The van der Waals surface area contributed by atoms with E-state index in [1.165, 1.54) is 21.4 Å². The number of nitrogens with zero attached hydrogens (tertiary/aromatic N) is 1. The Bertz CT molecular complexity index is 1330. The lowest BCUT2D eigenvalue weighted by atomic mass is 9.56. The van der Waals surface area contributed by atoms with Gasteiger partial charge in [-0.05, 0) is 84.7 Å². The average molecular weight is 471 g/mol. The van der Waals surface area contributed by atoms with Crippen molar-refractivity contribution in [3.05, 3.63) is 59.3 Å². The van der Waals surface area contributed by atoms with Crippen molar-refractivity contribution in [2.45, 2.75) is 58.8 Å². The number of aromatic nitrogens is 1. The number of carbonyl (C=O) groups excluding carboxylic acids is 2. The standard InChI is InChI=1S/C30H34N2O3/c1-16-7-6-8-21-23-20-14-9-17(30(2,3)4)15-22(20)24-25(27(23)31-26(16)21)29(34)32(28(24)33)18-10-12-19(35-5)13-11-18/h6-8,10-13,17,20,22,24-25,31H,9,14-15H2,1-5H3/t17-,20+,22+,24-,25+/m1/s1. The zero-order valence-corrected chi connectivity index (χ0v) is 21.2. The normalized spacial score (nSPS) is 28.1. The smallest absolute Gasteiger partial charge is 0.243 e. The molecule has 0 bridgehead atoms. The van der Waals surface area contributed by atoms with Gasteiger partial charge in [0.15, 0.2) is 0 Å². The highest BCUT2D eigenvalue weighted by atomic mass is 16.5. The maximum Gasteiger partial charge on any atom is 0.243 e. The van der Waals surface area contributed by atoms with Crippen LogP contribution in [0.1, 0.15) is 68.7 Å². The van der Waals surface area contributed by atoms with Crippen LogP contribution in [-0.4, -0.2) is 23.9 Å². The lowest BCUT2D eigenvalue weighted by Gasteiger charge is -2.47. The van der Waals surface area contributed by atoms with Crippen molar-refractivity contribution in [1.29, 1.82) is 0 Å². The van der Waals surface area contributed by atoms with E-state index in [9.17, 15) is 9.59 Å². The first-order valence-electron chi connectivity index (χ1n) is 12.8. The summed E-state index contributed by atoms with van der Waals surface area (Å²) in [5.41, 5.74) is 5.36. The van der Waals surface area contributed by atoms with Crippen LogP contribution in [0.4, 0.5) is 5.69 Å². The van der Waals surface area contributed by atoms with Gasteiger partial charge in [0.05, 0.1) is 24.6 Å². The molecule has 5 nitrogen and oxygen atoms in total. The van der Waals surface area contributed by atoms with Gasteiger partial charge in [0, 0.05) is 16.6 Å². The quantitative estimate of drug-likeness (QED) is 0.446. The maximum absolute atomic E-state index is 14.1. The molecule has 2 aliphatic carbocycles. The second-order valence-corrected chi connectivity index (χ2v) is 11.8. The zero-order valence-electron chi connectivity index (χ0n) is 21.2. The molecule has 0 unspecified atom stereocenters. The van der Waals surface area contributed by atoms with E-state index in [0.29, 0.717) is 23.3 Å². The number of ether oxygens (including phenoxy) is 1. The number of aryl methyl sites for hydroxylation is 1. The minimum Gasteiger partial charge on any atom is -0.497 e. The predicted molar refractivity (Wildman–Crippen MR) is 138 cm³/mol. The number of amides is 2. The van der Waals surface area contributed by atoms with Crippen LogP contribution in [0.25, 0.3) is 10.9 Å². The van der Waals surface area contributed by atoms with Crippen LogP contribution in [-0.2, 0) is 9.59 Å². The van der Waals surface area contributed by atoms with Crippen LogP contribution in [0.2, 0.25) is 0 Å². The number of hydrogen-bond donors (Lipinski definition) is 1. The fraction of sp³-hybridized carbons (Fsp3) is 0.467. The number of benzene rings is 2. The number of hydrogen-bond acceptors (Lipinski definition) is 3. The number of aromatic amines is 1. The van der Waals surface area contributed by atoms with Gasteiger partial charge in [-0.1, -0.05) is 39.0 Å². The Balaban J connectivity index is 1.52. The number of para-hydroxylation sites is 1. The molecule has 1 N–H and O–H groups in total. The summed E-state index contributed by atoms with van der Waals surface area (Å²) in [7, 11) is 1.62. The molecule has 5 atom stereocenters. The second kappa shape index (κ2) is 7.71. The second-order valence-electron chi connectivity index (χ2n) is 11.8. The first-order valence-corrected chi connectivity index (χ1v) is 12.8. The molecule has 3 aliphatic rings. The van der Waals surface area contributed by atoms with Crippen molar-refractivity contribution >= 4 is 28.4 Å². The number of imide groups is 1. The van der Waals surface area contributed by atoms with Crippen molar-refractivity contribution in [3.8, 4) is 5.75 Å². The topological polar surface area (TPSA) is 62.4 Å². The predicted octanol–water partition coefficient (Wildman–Crippen LogP) is 6.32. The lowest BCUT2D eigenvalue weighted by Crippen LogP contribution is -2.41. The monoisotopic (exact) mass is 470 g/mol. The molecule has 2 amide bonds. The average Bonchev–Trinajstić information content (AvgIpc) is 3.35. The van der Waals surface area contributed by atoms with Gasteiger partial charge >= 0.3 is 0 Å². The maximum atomic E-state index is 14.1. The number of H-pyrrole nitrogens is 1. The summed E-state index contributed by atoms with van der Waals surface area (Å²) < 4.78 is 5.29. The van der Waals surface area contributed by atoms with E-state index in [4.69, 9.17) is 4.74 Å². The SMILES string of the molecule is COc1ccc(N2C(=O)[C@@H]3[C@H]4C[C@H](C(C)(C)C)CC[C@@H]4c4c([nH]c5c(C)cccc45)[C@H]3C2=O)cc1. The first kappa shape index (κ1) is 22.4. The molecule has 35 heavy (non-hydrogen) atoms. The van der Waals surface area contributed by atoms with Crippen LogP contribution in [0, 0.1) is 30.1 Å². The lowest BCUT2D eigenvalue weighted by molar-refractivity contribution is -0.123. The van der Waals surface area contributed by atoms with Crippen LogP contribution in [0.5, 0.6) is 5.75 Å². The fourth-order valence-corrected chi connectivity index (χ4v) is 7.21. The molecule has 2 aromatic carbocycles. The van der Waals surface area contributed by atoms with Crippen LogP contribution >= 0.6 is 0 Å². The molecule has 0 spiro atoms. The van der Waals surface area contributed by atoms with Gasteiger partial charge in [0.25, 0.3) is 0 Å². The van der Waals surface area contributed by atoms with Gasteiger partial charge < -0.3 is 9.72 Å². The molecule has 1 saturated heterocycles. The summed E-state index contributed by atoms with van der Waals surface area (Å²) in [5.74, 6) is 0.794. The Morgan fingerprint density at radius 1 is 1.00 bits per heavy atom. The number of fused-ring (bicyclic) bond motifs is 8. The molecule has 1 saturated carbocycles. The Kier molecular flexibility index (Phi) is 4.93. The summed E-state index contributed by atoms with van der Waals surface area (Å²) in [6.07, 6.45) is 3.21. The Morgan fingerprint density at radius 2 is 1.74 bits per heavy atom. The van der Waals surface area contributed by atoms with Crippen molar-refractivity contribution in [3.63, 3.8) is 0 Å². The van der Waals surface area contributed by atoms with E-state index >= 15 is 0 Å². The fourth-order valence-electron chi connectivity index (χ4n) is 7.21. The summed E-state index contributed by atoms with van der Waals surface area (Å²) in [6.45, 7) is 9.04. The third kappa shape index (κ3) is 3.20. The largest absolute Gasteiger partial charge is 0.497 e. The van der Waals surface area contributed by atoms with Gasteiger partial charge in [0.2, 0.25) is 11.8 Å². The highest BCUT2D eigenvalue weighted by molar-refractivity contribution is 6.24. The molecule has 0 radical (unpaired) electrons. The summed E-state index contributed by atoms with van der Waals surface area (Å²) in [6, 6.07) is 13.7. The van der Waals surface area contributed by atoms with E-state index in [1.807, 2.05) is 24.3 Å². The number of methoxy groups -OCH3 is 1. The Labute approximate surface area is 206 Å². The third-order valence-corrected chi connectivity index (χ3v) is 9.06. The van der Waals surface area contributed by atoms with Crippen molar-refractivity contribution in [1.82, 2.24) is 4.98 Å². The molecule has 182 valence electrons. The summed E-state index contributed by atoms with van der Waals surface area (Å²) >= 11 is 0. The van der Waals surface area contributed by atoms with E-state index in [0.717, 1.165) is 30.5 Å². The molecule has 3 aromatic rings. The van der Waals surface area contributed by atoms with E-state index < -0.39 is 5.92 Å². The molecular formula is C30H34N2O3. The van der Waals surface area contributed by atoms with Crippen molar-refractivity contribution in [2.75, 3.05) is 12.0 Å². The number of anilines is 1. The third-order valence-electron chi connectivity index (χ3n) is 9.06. The zero-order chi connectivity index (χ0) is 24.6. The van der Waals surface area contributed by atoms with E-state index in [1.54, 1.807) is 7.11 Å².